The highest BCUT2D eigenvalue weighted by Crippen LogP contribution is 2.24. The molecule has 104 valence electrons. The van der Waals surface area contributed by atoms with Crippen LogP contribution in [0, 0.1) is 16.0 Å². The topological polar surface area (TPSA) is 110 Å². The summed E-state index contributed by atoms with van der Waals surface area (Å²) in [6, 6.07) is 4.11. The predicted octanol–water partition coefficient (Wildman–Crippen LogP) is 1.66. The van der Waals surface area contributed by atoms with Gasteiger partial charge in [-0.1, -0.05) is 13.8 Å². The van der Waals surface area contributed by atoms with E-state index in [1.165, 1.54) is 18.2 Å². The lowest BCUT2D eigenvalue weighted by molar-refractivity contribution is -0.384. The Morgan fingerprint density at radius 1 is 1.47 bits per heavy atom. The van der Waals surface area contributed by atoms with Crippen molar-refractivity contribution in [2.24, 2.45) is 11.8 Å². The molecule has 0 aliphatic heterocycles. The Labute approximate surface area is 111 Å². The van der Waals surface area contributed by atoms with Crippen molar-refractivity contribution in [2.75, 3.05) is 12.0 Å². The van der Waals surface area contributed by atoms with Crippen LogP contribution in [-0.4, -0.2) is 17.4 Å². The van der Waals surface area contributed by atoms with Gasteiger partial charge in [0.1, 0.15) is 5.69 Å². The van der Waals surface area contributed by atoms with E-state index in [-0.39, 0.29) is 22.8 Å². The first kappa shape index (κ1) is 14.9. The number of carbonyl (C=O) groups is 1. The standard InChI is InChI=1S/C12H18N4O3/c1-8(2)5-6-14-12(17)9-3-4-10(15-13)11(7-9)16(18)19/h3-4,7-8,15H,5-6,13H2,1-2H3,(H,14,17). The Balaban J connectivity index is 2.81. The summed E-state index contributed by atoms with van der Waals surface area (Å²) in [7, 11) is 0. The van der Waals surface area contributed by atoms with E-state index in [1.807, 2.05) is 0 Å². The van der Waals surface area contributed by atoms with Crippen molar-refractivity contribution in [1.29, 1.82) is 0 Å². The van der Waals surface area contributed by atoms with E-state index >= 15 is 0 Å². The molecule has 0 bridgehead atoms. The maximum absolute atomic E-state index is 11.8. The van der Waals surface area contributed by atoms with E-state index < -0.39 is 4.92 Å². The van der Waals surface area contributed by atoms with Gasteiger partial charge in [0.15, 0.2) is 0 Å². The molecule has 1 aromatic rings. The summed E-state index contributed by atoms with van der Waals surface area (Å²) in [6.45, 7) is 4.65. The number of nitro groups is 1. The Bertz CT molecular complexity index is 474. The van der Waals surface area contributed by atoms with Crippen LogP contribution in [0.25, 0.3) is 0 Å². The van der Waals surface area contributed by atoms with Crippen molar-refractivity contribution in [3.8, 4) is 0 Å². The molecule has 0 saturated carbocycles. The number of nitrogens with zero attached hydrogens (tertiary/aromatic N) is 1. The molecule has 7 heteroatoms. The van der Waals surface area contributed by atoms with Gasteiger partial charge in [0.25, 0.3) is 11.6 Å². The lowest BCUT2D eigenvalue weighted by atomic mass is 10.1. The number of hydrazine groups is 1. The average Bonchev–Trinajstić information content (AvgIpc) is 2.37. The van der Waals surface area contributed by atoms with Crippen molar-refractivity contribution in [1.82, 2.24) is 5.32 Å². The molecule has 1 rings (SSSR count). The Morgan fingerprint density at radius 2 is 2.16 bits per heavy atom. The molecule has 4 N–H and O–H groups in total. The number of amides is 1. The quantitative estimate of drug-likeness (QED) is 0.412. The average molecular weight is 266 g/mol. The molecule has 0 aliphatic carbocycles. The summed E-state index contributed by atoms with van der Waals surface area (Å²) < 4.78 is 0. The maximum atomic E-state index is 11.8. The van der Waals surface area contributed by atoms with Crippen LogP contribution in [0.3, 0.4) is 0 Å². The second kappa shape index (κ2) is 6.69. The van der Waals surface area contributed by atoms with Gasteiger partial charge in [-0.3, -0.25) is 20.8 Å². The van der Waals surface area contributed by atoms with E-state index in [2.05, 4.69) is 24.6 Å². The third kappa shape index (κ3) is 4.22. The summed E-state index contributed by atoms with van der Waals surface area (Å²) in [4.78, 5) is 22.1. The van der Waals surface area contributed by atoms with Gasteiger partial charge >= 0.3 is 0 Å². The number of hydrogen-bond donors (Lipinski definition) is 3. The summed E-state index contributed by atoms with van der Waals surface area (Å²) >= 11 is 0. The number of nitrogen functional groups attached to an aromatic ring is 1. The van der Waals surface area contributed by atoms with Crippen LogP contribution >= 0.6 is 0 Å². The van der Waals surface area contributed by atoms with Gasteiger partial charge in [0.05, 0.1) is 4.92 Å². The van der Waals surface area contributed by atoms with Gasteiger partial charge in [-0.25, -0.2) is 0 Å². The predicted molar refractivity (Wildman–Crippen MR) is 72.7 cm³/mol. The maximum Gasteiger partial charge on any atom is 0.294 e. The molecule has 0 atom stereocenters. The Morgan fingerprint density at radius 3 is 2.68 bits per heavy atom. The van der Waals surface area contributed by atoms with E-state index in [0.29, 0.717) is 12.5 Å². The van der Waals surface area contributed by atoms with Crippen LogP contribution in [0.2, 0.25) is 0 Å². The lowest BCUT2D eigenvalue weighted by Crippen LogP contribution is -2.25. The third-order valence-electron chi connectivity index (χ3n) is 2.62. The van der Waals surface area contributed by atoms with Crippen molar-refractivity contribution in [2.45, 2.75) is 20.3 Å². The Kier molecular flexibility index (Phi) is 5.25. The van der Waals surface area contributed by atoms with Gasteiger partial charge in [0, 0.05) is 18.2 Å². The smallest absolute Gasteiger partial charge is 0.294 e. The van der Waals surface area contributed by atoms with Crippen LogP contribution in [0.1, 0.15) is 30.6 Å². The summed E-state index contributed by atoms with van der Waals surface area (Å²) in [5, 5.41) is 13.6. The van der Waals surface area contributed by atoms with Gasteiger partial charge in [-0.15, -0.1) is 0 Å². The van der Waals surface area contributed by atoms with Gasteiger partial charge in [0.2, 0.25) is 0 Å². The lowest BCUT2D eigenvalue weighted by Gasteiger charge is -2.08. The molecule has 0 aromatic heterocycles. The number of anilines is 1. The fourth-order valence-electron chi connectivity index (χ4n) is 1.52. The van der Waals surface area contributed by atoms with Gasteiger partial charge < -0.3 is 10.7 Å². The second-order valence-electron chi connectivity index (χ2n) is 4.57. The molecule has 0 aliphatic rings. The summed E-state index contributed by atoms with van der Waals surface area (Å²) in [6.07, 6.45) is 0.857. The second-order valence-corrected chi connectivity index (χ2v) is 4.57. The van der Waals surface area contributed by atoms with E-state index in [4.69, 9.17) is 5.84 Å². The highest BCUT2D eigenvalue weighted by Gasteiger charge is 2.16. The molecule has 1 aromatic carbocycles. The number of nitrogens with one attached hydrogen (secondary N) is 2. The van der Waals surface area contributed by atoms with Crippen LogP contribution < -0.4 is 16.6 Å². The van der Waals surface area contributed by atoms with E-state index in [9.17, 15) is 14.9 Å². The number of benzene rings is 1. The number of nitro benzene ring substituents is 1. The molecule has 0 spiro atoms. The van der Waals surface area contributed by atoms with Gasteiger partial charge in [-0.05, 0) is 24.5 Å². The zero-order valence-corrected chi connectivity index (χ0v) is 11.0. The first-order valence-electron chi connectivity index (χ1n) is 5.99. The summed E-state index contributed by atoms with van der Waals surface area (Å²) in [5.74, 6) is 5.33. The van der Waals surface area contributed by atoms with Crippen molar-refractivity contribution >= 4 is 17.3 Å². The minimum atomic E-state index is -0.583. The Hall–Kier alpha value is -2.15. The minimum Gasteiger partial charge on any atom is -0.352 e. The normalized spacial score (nSPS) is 10.3. The van der Waals surface area contributed by atoms with Crippen molar-refractivity contribution < 1.29 is 9.72 Å². The molecule has 0 heterocycles. The molecule has 1 amide bonds. The van der Waals surface area contributed by atoms with Gasteiger partial charge in [-0.2, -0.15) is 0 Å². The minimum absolute atomic E-state index is 0.170. The first-order chi connectivity index (χ1) is 8.95. The van der Waals surface area contributed by atoms with E-state index in [1.54, 1.807) is 0 Å². The number of rotatable bonds is 6. The van der Waals surface area contributed by atoms with Crippen LogP contribution in [0.15, 0.2) is 18.2 Å². The zero-order valence-electron chi connectivity index (χ0n) is 11.0. The molecule has 7 nitrogen and oxygen atoms in total. The molecular weight excluding hydrogens is 248 g/mol. The number of nitrogens with two attached hydrogens (primary N) is 1. The molecule has 0 saturated heterocycles. The van der Waals surface area contributed by atoms with E-state index in [0.717, 1.165) is 6.42 Å². The fourth-order valence-corrected chi connectivity index (χ4v) is 1.52. The highest BCUT2D eigenvalue weighted by atomic mass is 16.6. The largest absolute Gasteiger partial charge is 0.352 e. The van der Waals surface area contributed by atoms with Crippen LogP contribution in [0.4, 0.5) is 11.4 Å². The number of carbonyl (C=O) groups excluding carboxylic acids is 1. The number of hydrogen-bond acceptors (Lipinski definition) is 5. The first-order valence-corrected chi connectivity index (χ1v) is 5.99. The molecule has 0 fully saturated rings. The fraction of sp³-hybridized carbons (Fsp3) is 0.417. The third-order valence-corrected chi connectivity index (χ3v) is 2.62. The molecule has 0 unspecified atom stereocenters. The molecule has 0 radical (unpaired) electrons. The molecular formula is C12H18N4O3. The van der Waals surface area contributed by atoms with Crippen molar-refractivity contribution in [3.63, 3.8) is 0 Å². The highest BCUT2D eigenvalue weighted by molar-refractivity contribution is 5.95. The summed E-state index contributed by atoms with van der Waals surface area (Å²) in [5.41, 5.74) is 2.42. The zero-order chi connectivity index (χ0) is 14.4. The van der Waals surface area contributed by atoms with Crippen LogP contribution in [-0.2, 0) is 0 Å². The van der Waals surface area contributed by atoms with Crippen molar-refractivity contribution in [3.05, 3.63) is 33.9 Å². The SMILES string of the molecule is CC(C)CCNC(=O)c1ccc(NN)c([N+](=O)[O-])c1. The molecule has 19 heavy (non-hydrogen) atoms. The van der Waals surface area contributed by atoms with Crippen LogP contribution in [0.5, 0.6) is 0 Å². The monoisotopic (exact) mass is 266 g/mol.